The van der Waals surface area contributed by atoms with E-state index in [2.05, 4.69) is 15.8 Å². The van der Waals surface area contributed by atoms with Crippen molar-refractivity contribution in [2.24, 2.45) is 5.10 Å². The minimum absolute atomic E-state index is 0.269. The Morgan fingerprint density at radius 1 is 1.12 bits per heavy atom. The molecule has 0 bridgehead atoms. The normalized spacial score (nSPS) is 11.7. The fourth-order valence-electron chi connectivity index (χ4n) is 2.04. The van der Waals surface area contributed by atoms with Crippen molar-refractivity contribution in [1.29, 1.82) is 0 Å². The van der Waals surface area contributed by atoms with Crippen LogP contribution in [0.15, 0.2) is 58.5 Å². The molecule has 0 unspecified atom stereocenters. The van der Waals surface area contributed by atoms with E-state index in [9.17, 15) is 8.42 Å². The van der Waals surface area contributed by atoms with Crippen LogP contribution in [0.2, 0.25) is 0 Å². The van der Waals surface area contributed by atoms with Crippen LogP contribution in [0, 0.1) is 0 Å². The molecular formula is C17H19N3O3S2. The fraction of sp³-hybridized carbons (Fsp3) is 0.176. The van der Waals surface area contributed by atoms with E-state index in [1.807, 2.05) is 24.3 Å². The number of rotatable bonds is 5. The first-order chi connectivity index (χ1) is 11.8. The van der Waals surface area contributed by atoms with Crippen LogP contribution >= 0.6 is 12.2 Å². The molecule has 132 valence electrons. The lowest BCUT2D eigenvalue weighted by atomic mass is 10.1. The Bertz CT molecular complexity index is 892. The molecule has 25 heavy (non-hydrogen) atoms. The number of methoxy groups -OCH3 is 1. The van der Waals surface area contributed by atoms with Crippen molar-refractivity contribution in [3.05, 3.63) is 54.1 Å². The van der Waals surface area contributed by atoms with Crippen molar-refractivity contribution in [3.8, 4) is 5.75 Å². The average molecular weight is 377 g/mol. The molecule has 2 aromatic rings. The van der Waals surface area contributed by atoms with Gasteiger partial charge < -0.3 is 10.1 Å². The van der Waals surface area contributed by atoms with Crippen molar-refractivity contribution >= 4 is 38.6 Å². The molecule has 0 atom stereocenters. The second kappa shape index (κ2) is 8.09. The molecule has 0 aromatic heterocycles. The monoisotopic (exact) mass is 377 g/mol. The highest BCUT2D eigenvalue weighted by atomic mass is 32.2. The number of benzene rings is 2. The number of hydrogen-bond acceptors (Lipinski definition) is 5. The Morgan fingerprint density at radius 3 is 2.36 bits per heavy atom. The van der Waals surface area contributed by atoms with Gasteiger partial charge in [0, 0.05) is 6.26 Å². The largest absolute Gasteiger partial charge is 0.495 e. The van der Waals surface area contributed by atoms with Crippen molar-refractivity contribution in [2.45, 2.75) is 11.8 Å². The first-order valence-electron chi connectivity index (χ1n) is 7.36. The summed E-state index contributed by atoms with van der Waals surface area (Å²) in [5.41, 5.74) is 4.95. The number of thiocarbonyl (C=S) groups is 1. The number of hydrogen-bond donors (Lipinski definition) is 2. The van der Waals surface area contributed by atoms with E-state index >= 15 is 0 Å². The molecule has 0 saturated heterocycles. The molecule has 2 N–H and O–H groups in total. The van der Waals surface area contributed by atoms with Crippen LogP contribution in [-0.4, -0.2) is 32.6 Å². The summed E-state index contributed by atoms with van der Waals surface area (Å²) in [4.78, 5) is 0.269. The van der Waals surface area contributed by atoms with E-state index in [0.29, 0.717) is 16.6 Å². The lowest BCUT2D eigenvalue weighted by molar-refractivity contribution is 0.417. The SMILES string of the molecule is COc1ccccc1NC(=S)N/N=C(/C)c1ccc(S(C)(=O)=O)cc1. The van der Waals surface area contributed by atoms with Gasteiger partial charge in [-0.1, -0.05) is 24.3 Å². The molecule has 0 aliphatic rings. The number of sulfone groups is 1. The standard InChI is InChI=1S/C17H19N3O3S2/c1-12(13-8-10-14(11-9-13)25(3,21)22)19-20-17(24)18-15-6-4-5-7-16(15)23-2/h4-11H,1-3H3,(H2,18,20,24)/b19-12-. The molecule has 0 spiro atoms. The van der Waals surface area contributed by atoms with Gasteiger partial charge in [0.05, 0.1) is 23.4 Å². The molecule has 0 fully saturated rings. The molecule has 0 amide bonds. The summed E-state index contributed by atoms with van der Waals surface area (Å²) in [6, 6.07) is 13.9. The van der Waals surface area contributed by atoms with Gasteiger partial charge in [0.25, 0.3) is 0 Å². The molecule has 0 radical (unpaired) electrons. The first kappa shape index (κ1) is 18.9. The van der Waals surface area contributed by atoms with Gasteiger partial charge in [-0.3, -0.25) is 5.43 Å². The maximum absolute atomic E-state index is 11.5. The molecular weight excluding hydrogens is 358 g/mol. The summed E-state index contributed by atoms with van der Waals surface area (Å²) in [6.45, 7) is 1.80. The Morgan fingerprint density at radius 2 is 1.76 bits per heavy atom. The number of anilines is 1. The molecule has 0 aliphatic carbocycles. The maximum atomic E-state index is 11.5. The molecule has 2 rings (SSSR count). The van der Waals surface area contributed by atoms with Crippen molar-refractivity contribution < 1.29 is 13.2 Å². The number of para-hydroxylation sites is 2. The summed E-state index contributed by atoms with van der Waals surface area (Å²) < 4.78 is 28.2. The highest BCUT2D eigenvalue weighted by Crippen LogP contribution is 2.22. The quantitative estimate of drug-likeness (QED) is 0.474. The minimum Gasteiger partial charge on any atom is -0.495 e. The van der Waals surface area contributed by atoms with E-state index in [1.165, 1.54) is 6.26 Å². The van der Waals surface area contributed by atoms with Gasteiger partial charge >= 0.3 is 0 Å². The zero-order chi connectivity index (χ0) is 18.4. The summed E-state index contributed by atoms with van der Waals surface area (Å²) in [5, 5.41) is 7.53. The van der Waals surface area contributed by atoms with Crippen LogP contribution in [0.3, 0.4) is 0 Å². The van der Waals surface area contributed by atoms with E-state index < -0.39 is 9.84 Å². The number of nitrogens with one attached hydrogen (secondary N) is 2. The minimum atomic E-state index is -3.21. The number of nitrogens with zero attached hydrogens (tertiary/aromatic N) is 1. The Balaban J connectivity index is 2.04. The van der Waals surface area contributed by atoms with Crippen molar-refractivity contribution in [2.75, 3.05) is 18.7 Å². The second-order valence-electron chi connectivity index (χ2n) is 5.26. The topological polar surface area (TPSA) is 79.8 Å². The summed E-state index contributed by atoms with van der Waals surface area (Å²) >= 11 is 5.22. The van der Waals surface area contributed by atoms with Gasteiger partial charge in [0.1, 0.15) is 5.75 Å². The van der Waals surface area contributed by atoms with Gasteiger partial charge in [0.15, 0.2) is 14.9 Å². The Kier molecular flexibility index (Phi) is 6.11. The highest BCUT2D eigenvalue weighted by molar-refractivity contribution is 7.90. The third-order valence-electron chi connectivity index (χ3n) is 3.38. The van der Waals surface area contributed by atoms with E-state index in [-0.39, 0.29) is 4.90 Å². The summed E-state index contributed by atoms with van der Waals surface area (Å²) in [5.74, 6) is 0.670. The van der Waals surface area contributed by atoms with E-state index in [0.717, 1.165) is 11.3 Å². The summed E-state index contributed by atoms with van der Waals surface area (Å²) in [7, 11) is -1.63. The third-order valence-corrected chi connectivity index (χ3v) is 4.70. The molecule has 0 saturated carbocycles. The summed E-state index contributed by atoms with van der Waals surface area (Å²) in [6.07, 6.45) is 1.17. The molecule has 0 heterocycles. The van der Waals surface area contributed by atoms with Gasteiger partial charge in [0.2, 0.25) is 0 Å². The lowest BCUT2D eigenvalue weighted by Gasteiger charge is -2.11. The predicted octanol–water partition coefficient (Wildman–Crippen LogP) is 2.81. The van der Waals surface area contributed by atoms with Crippen LogP contribution in [0.1, 0.15) is 12.5 Å². The predicted molar refractivity (Wildman–Crippen MR) is 104 cm³/mol. The van der Waals surface area contributed by atoms with Crippen LogP contribution < -0.4 is 15.5 Å². The van der Waals surface area contributed by atoms with E-state index in [1.54, 1.807) is 38.3 Å². The van der Waals surface area contributed by atoms with Crippen molar-refractivity contribution in [3.63, 3.8) is 0 Å². The van der Waals surface area contributed by atoms with Crippen molar-refractivity contribution in [1.82, 2.24) is 5.43 Å². The smallest absolute Gasteiger partial charge is 0.191 e. The lowest BCUT2D eigenvalue weighted by Crippen LogP contribution is -2.25. The van der Waals surface area contributed by atoms with Crippen LogP contribution in [-0.2, 0) is 9.84 Å². The zero-order valence-electron chi connectivity index (χ0n) is 14.1. The second-order valence-corrected chi connectivity index (χ2v) is 7.68. The van der Waals surface area contributed by atoms with Crippen LogP contribution in [0.5, 0.6) is 5.75 Å². The Hall–Kier alpha value is -2.45. The maximum Gasteiger partial charge on any atom is 0.191 e. The van der Waals surface area contributed by atoms with Gasteiger partial charge in [-0.25, -0.2) is 8.42 Å². The molecule has 6 nitrogen and oxygen atoms in total. The molecule has 0 aliphatic heterocycles. The number of ether oxygens (including phenoxy) is 1. The third kappa shape index (κ3) is 5.27. The molecule has 2 aromatic carbocycles. The highest BCUT2D eigenvalue weighted by Gasteiger charge is 2.07. The van der Waals surface area contributed by atoms with E-state index in [4.69, 9.17) is 17.0 Å². The number of hydrazone groups is 1. The van der Waals surface area contributed by atoms with Crippen LogP contribution in [0.25, 0.3) is 0 Å². The van der Waals surface area contributed by atoms with Gasteiger partial charge in [-0.05, 0) is 49.0 Å². The average Bonchev–Trinajstić information content (AvgIpc) is 2.59. The Labute approximate surface area is 152 Å². The first-order valence-corrected chi connectivity index (χ1v) is 9.66. The van der Waals surface area contributed by atoms with Crippen LogP contribution in [0.4, 0.5) is 5.69 Å². The van der Waals surface area contributed by atoms with Gasteiger partial charge in [-0.15, -0.1) is 0 Å². The fourth-order valence-corrected chi connectivity index (χ4v) is 2.83. The van der Waals surface area contributed by atoms with Gasteiger partial charge in [-0.2, -0.15) is 5.10 Å². The molecule has 8 heteroatoms. The zero-order valence-corrected chi connectivity index (χ0v) is 15.7.